The van der Waals surface area contributed by atoms with Crippen molar-refractivity contribution in [3.8, 4) is 44.5 Å². The van der Waals surface area contributed by atoms with E-state index in [0.717, 1.165) is 61.3 Å². The van der Waals surface area contributed by atoms with E-state index in [0.29, 0.717) is 0 Å². The van der Waals surface area contributed by atoms with Crippen LogP contribution in [0, 0.1) is 0 Å². The second kappa shape index (κ2) is 14.8. The molecular weight excluding hydrogens is 751 g/mol. The highest BCUT2D eigenvalue weighted by Gasteiger charge is 2.23. The molecule has 0 radical (unpaired) electrons. The van der Waals surface area contributed by atoms with Gasteiger partial charge in [-0.25, -0.2) is 0 Å². The summed E-state index contributed by atoms with van der Waals surface area (Å²) in [7, 11) is 0. The van der Waals surface area contributed by atoms with Crippen LogP contribution in [0.1, 0.15) is 0 Å². The normalized spacial score (nSPS) is 11.5. The van der Waals surface area contributed by atoms with E-state index in [4.69, 9.17) is 4.42 Å². The number of rotatable bonds is 7. The van der Waals surface area contributed by atoms with Crippen LogP contribution in [0.15, 0.2) is 241 Å². The van der Waals surface area contributed by atoms with Crippen LogP contribution in [0.3, 0.4) is 0 Å². The Morgan fingerprint density at radius 2 is 0.903 bits per heavy atom. The van der Waals surface area contributed by atoms with Crippen molar-refractivity contribution in [2.45, 2.75) is 0 Å². The summed E-state index contributed by atoms with van der Waals surface area (Å²) in [6, 6.07) is 85.4. The van der Waals surface area contributed by atoms with Gasteiger partial charge in [-0.3, -0.25) is 0 Å². The Morgan fingerprint density at radius 1 is 0.290 bits per heavy atom. The summed E-state index contributed by atoms with van der Waals surface area (Å²) >= 11 is 0. The number of hydrogen-bond donors (Lipinski definition) is 0. The number of furan rings is 1. The summed E-state index contributed by atoms with van der Waals surface area (Å²) in [5, 5.41) is 9.59. The molecule has 0 fully saturated rings. The van der Waals surface area contributed by atoms with Gasteiger partial charge >= 0.3 is 0 Å². The third-order valence-electron chi connectivity index (χ3n) is 12.4. The van der Waals surface area contributed by atoms with Gasteiger partial charge in [-0.1, -0.05) is 176 Å². The van der Waals surface area contributed by atoms with Gasteiger partial charge in [-0.05, 0) is 132 Å². The lowest BCUT2D eigenvalue weighted by Crippen LogP contribution is -2.10. The Hall–Kier alpha value is -8.20. The molecule has 11 aromatic carbocycles. The van der Waals surface area contributed by atoms with E-state index in [2.05, 4.69) is 241 Å². The van der Waals surface area contributed by atoms with Crippen LogP contribution >= 0.6 is 0 Å². The largest absolute Gasteiger partial charge is 0.455 e. The van der Waals surface area contributed by atoms with E-state index in [1.807, 2.05) is 0 Å². The zero-order chi connectivity index (χ0) is 41.0. The van der Waals surface area contributed by atoms with Gasteiger partial charge in [0.05, 0.1) is 11.1 Å². The van der Waals surface area contributed by atoms with Crippen molar-refractivity contribution in [1.29, 1.82) is 0 Å². The van der Waals surface area contributed by atoms with E-state index in [1.165, 1.54) is 54.6 Å². The molecule has 0 aliphatic carbocycles. The molecule has 0 spiro atoms. The average Bonchev–Trinajstić information content (AvgIpc) is 3.74. The maximum Gasteiger partial charge on any atom is 0.145 e. The number of para-hydroxylation sites is 1. The average molecular weight is 790 g/mol. The Bertz CT molecular complexity index is 3640. The molecule has 0 N–H and O–H groups in total. The molecule has 0 atom stereocenters. The van der Waals surface area contributed by atoms with E-state index >= 15 is 0 Å². The molecule has 0 saturated carbocycles. The van der Waals surface area contributed by atoms with E-state index < -0.39 is 0 Å². The van der Waals surface area contributed by atoms with Crippen molar-refractivity contribution < 1.29 is 4.42 Å². The summed E-state index contributed by atoms with van der Waals surface area (Å²) < 4.78 is 6.89. The number of benzene rings is 11. The molecule has 0 bridgehead atoms. The van der Waals surface area contributed by atoms with Crippen molar-refractivity contribution in [3.63, 3.8) is 0 Å². The van der Waals surface area contributed by atoms with Gasteiger partial charge in [-0.15, -0.1) is 0 Å². The zero-order valence-corrected chi connectivity index (χ0v) is 33.9. The molecule has 12 rings (SSSR count). The molecule has 0 aliphatic rings. The topological polar surface area (TPSA) is 16.4 Å². The fraction of sp³-hybridized carbons (Fsp3) is 0. The van der Waals surface area contributed by atoms with E-state index in [-0.39, 0.29) is 0 Å². The molecule has 0 unspecified atom stereocenters. The molecule has 12 aromatic rings. The fourth-order valence-electron chi connectivity index (χ4n) is 9.43. The first kappa shape index (κ1) is 35.7. The lowest BCUT2D eigenvalue weighted by Gasteiger charge is -2.27. The van der Waals surface area contributed by atoms with Gasteiger partial charge in [0.15, 0.2) is 0 Å². The first-order valence-corrected chi connectivity index (χ1v) is 21.2. The van der Waals surface area contributed by atoms with Gasteiger partial charge in [0, 0.05) is 22.3 Å². The minimum Gasteiger partial charge on any atom is -0.455 e. The smallest absolute Gasteiger partial charge is 0.145 e. The van der Waals surface area contributed by atoms with Crippen LogP contribution in [-0.4, -0.2) is 0 Å². The molecular formula is C60H39NO. The van der Waals surface area contributed by atoms with Crippen LogP contribution in [0.25, 0.3) is 98.8 Å². The third kappa shape index (κ3) is 6.12. The SMILES string of the molecule is c1ccc(-c2cccc(-c3cccc(N(c4ccc(-c5cc6ccccc6c6ccccc56)cc4)c4ccc(-c5ccc6ccccc6c5)c5oc6ccccc6c45)c3)c2)cc1. The lowest BCUT2D eigenvalue weighted by molar-refractivity contribution is 0.670. The number of fused-ring (bicyclic) bond motifs is 7. The maximum absolute atomic E-state index is 6.89. The standard InChI is InChI=1S/C60H39NO/c1-2-14-40(15-3-1)44-19-12-20-45(36-44)46-21-13-22-50(38-46)61(49-32-30-42(31-33-49)56-39-47-18-6-7-23-51(47)53-24-8-9-25-54(53)56)57-35-34-52(48-29-28-41-16-4-5-17-43(41)37-48)60-59(57)55-26-10-11-27-58(55)62-60/h1-39H. The minimum atomic E-state index is 0.863. The number of nitrogens with zero attached hydrogens (tertiary/aromatic N) is 1. The summed E-state index contributed by atoms with van der Waals surface area (Å²) in [5.41, 5.74) is 14.2. The number of anilines is 3. The fourth-order valence-corrected chi connectivity index (χ4v) is 9.43. The highest BCUT2D eigenvalue weighted by atomic mass is 16.3. The predicted molar refractivity (Wildman–Crippen MR) is 263 cm³/mol. The van der Waals surface area contributed by atoms with Gasteiger partial charge in [0.1, 0.15) is 11.2 Å². The molecule has 2 nitrogen and oxygen atoms in total. The minimum absolute atomic E-state index is 0.863. The van der Waals surface area contributed by atoms with Crippen molar-refractivity contribution in [1.82, 2.24) is 0 Å². The van der Waals surface area contributed by atoms with E-state index in [1.54, 1.807) is 0 Å². The van der Waals surface area contributed by atoms with Crippen molar-refractivity contribution >= 4 is 71.3 Å². The first-order chi connectivity index (χ1) is 30.7. The Kier molecular flexibility index (Phi) is 8.53. The molecule has 0 saturated heterocycles. The Labute approximate surface area is 360 Å². The maximum atomic E-state index is 6.89. The summed E-state index contributed by atoms with van der Waals surface area (Å²) in [5.74, 6) is 0. The van der Waals surface area contributed by atoms with Crippen LogP contribution < -0.4 is 4.90 Å². The monoisotopic (exact) mass is 789 g/mol. The molecule has 2 heteroatoms. The predicted octanol–water partition coefficient (Wildman–Crippen LogP) is 17.2. The van der Waals surface area contributed by atoms with Gasteiger partial charge in [0.2, 0.25) is 0 Å². The highest BCUT2D eigenvalue weighted by molar-refractivity contribution is 6.18. The lowest BCUT2D eigenvalue weighted by atomic mass is 9.93. The molecule has 290 valence electrons. The second-order valence-electron chi connectivity index (χ2n) is 16.1. The first-order valence-electron chi connectivity index (χ1n) is 21.2. The van der Waals surface area contributed by atoms with Gasteiger partial charge in [-0.2, -0.15) is 0 Å². The number of hydrogen-bond acceptors (Lipinski definition) is 2. The summed E-state index contributed by atoms with van der Waals surface area (Å²) in [6.07, 6.45) is 0. The van der Waals surface area contributed by atoms with Crippen LogP contribution in [-0.2, 0) is 0 Å². The van der Waals surface area contributed by atoms with Gasteiger partial charge in [0.25, 0.3) is 0 Å². The van der Waals surface area contributed by atoms with Crippen LogP contribution in [0.4, 0.5) is 17.1 Å². The molecule has 1 aromatic heterocycles. The highest BCUT2D eigenvalue weighted by Crippen LogP contribution is 2.47. The van der Waals surface area contributed by atoms with Crippen LogP contribution in [0.5, 0.6) is 0 Å². The Morgan fingerprint density at radius 3 is 1.73 bits per heavy atom. The summed E-state index contributed by atoms with van der Waals surface area (Å²) in [6.45, 7) is 0. The molecule has 1 heterocycles. The molecule has 0 amide bonds. The van der Waals surface area contributed by atoms with Gasteiger partial charge < -0.3 is 9.32 Å². The third-order valence-corrected chi connectivity index (χ3v) is 12.4. The van der Waals surface area contributed by atoms with Crippen molar-refractivity contribution in [3.05, 3.63) is 237 Å². The van der Waals surface area contributed by atoms with E-state index in [9.17, 15) is 0 Å². The summed E-state index contributed by atoms with van der Waals surface area (Å²) in [4.78, 5) is 2.40. The molecule has 0 aliphatic heterocycles. The van der Waals surface area contributed by atoms with Crippen molar-refractivity contribution in [2.24, 2.45) is 0 Å². The zero-order valence-electron chi connectivity index (χ0n) is 33.9. The van der Waals surface area contributed by atoms with Crippen LogP contribution in [0.2, 0.25) is 0 Å². The molecule has 62 heavy (non-hydrogen) atoms. The van der Waals surface area contributed by atoms with Crippen molar-refractivity contribution in [2.75, 3.05) is 4.90 Å². The Balaban J connectivity index is 1.06. The quantitative estimate of drug-likeness (QED) is 0.150. The second-order valence-corrected chi connectivity index (χ2v) is 16.1.